The molecule has 0 fully saturated rings. The van der Waals surface area contributed by atoms with E-state index in [1.807, 2.05) is 0 Å². The summed E-state index contributed by atoms with van der Waals surface area (Å²) < 4.78 is 64.8. The van der Waals surface area contributed by atoms with E-state index in [9.17, 15) is 31.5 Å². The highest BCUT2D eigenvalue weighted by atomic mass is 32.3. The maximum atomic E-state index is 12.9. The molecule has 0 aliphatic carbocycles. The van der Waals surface area contributed by atoms with E-state index in [-0.39, 0.29) is 17.0 Å². The Morgan fingerprint density at radius 3 is 2.18 bits per heavy atom. The lowest BCUT2D eigenvalue weighted by atomic mass is 10.1. The van der Waals surface area contributed by atoms with Crippen LogP contribution in [-0.4, -0.2) is 29.7 Å². The Morgan fingerprint density at radius 2 is 1.71 bits per heavy atom. The van der Waals surface area contributed by atoms with E-state index in [1.54, 1.807) is 13.8 Å². The fraction of sp³-hybridized carbons (Fsp3) is 0.278. The highest BCUT2D eigenvalue weighted by Gasteiger charge is 2.31. The van der Waals surface area contributed by atoms with Crippen molar-refractivity contribution in [3.8, 4) is 0 Å². The molecule has 0 bridgehead atoms. The fourth-order valence-electron chi connectivity index (χ4n) is 2.45. The number of alkyl halides is 3. The van der Waals surface area contributed by atoms with Gasteiger partial charge < -0.3 is 5.11 Å². The molecule has 2 aromatic carbocycles. The lowest BCUT2D eigenvalue weighted by molar-refractivity contribution is -0.137. The molecular weight excluding hydrogens is 415 g/mol. The van der Waals surface area contributed by atoms with Crippen LogP contribution in [0.1, 0.15) is 35.3 Å². The maximum absolute atomic E-state index is 12.9. The van der Waals surface area contributed by atoms with Gasteiger partial charge in [0.15, 0.2) is 0 Å². The number of benzene rings is 2. The number of carboxylic acids is 1. The van der Waals surface area contributed by atoms with Gasteiger partial charge >= 0.3 is 12.1 Å². The summed E-state index contributed by atoms with van der Waals surface area (Å²) in [5, 5.41) is 9.30. The van der Waals surface area contributed by atoms with Gasteiger partial charge in [0, 0.05) is 11.4 Å². The van der Waals surface area contributed by atoms with Crippen molar-refractivity contribution < 1.29 is 31.5 Å². The van der Waals surface area contributed by atoms with Crippen LogP contribution in [0.15, 0.2) is 52.3 Å². The van der Waals surface area contributed by atoms with Gasteiger partial charge in [0.05, 0.1) is 16.0 Å². The predicted molar refractivity (Wildman–Crippen MR) is 99.6 cm³/mol. The lowest BCUT2D eigenvalue weighted by Gasteiger charge is -2.20. The Labute approximate surface area is 165 Å². The second-order valence-corrected chi connectivity index (χ2v) is 8.90. The molecule has 0 saturated carbocycles. The summed E-state index contributed by atoms with van der Waals surface area (Å²) in [6, 6.07) is 8.02. The molecule has 2 rings (SSSR count). The van der Waals surface area contributed by atoms with Crippen molar-refractivity contribution in [3.63, 3.8) is 0 Å². The van der Waals surface area contributed by atoms with Gasteiger partial charge in [-0.25, -0.2) is 13.2 Å². The zero-order valence-electron chi connectivity index (χ0n) is 15.0. The van der Waals surface area contributed by atoms with Gasteiger partial charge in [0.2, 0.25) is 0 Å². The third kappa shape index (κ3) is 4.86. The Balaban J connectivity index is 2.35. The molecule has 2 aromatic rings. The smallest absolute Gasteiger partial charge is 0.416 e. The molecule has 0 unspecified atom stereocenters. The van der Waals surface area contributed by atoms with Crippen LogP contribution in [0.5, 0.6) is 0 Å². The SMILES string of the molecule is CCc1ccc(S(=O)(=O)N(CC)Sc2ccc(C(F)(F)F)cc2)cc1C(=O)O. The van der Waals surface area contributed by atoms with Crippen molar-refractivity contribution in [1.82, 2.24) is 3.71 Å². The molecule has 10 heteroatoms. The molecule has 0 saturated heterocycles. The van der Waals surface area contributed by atoms with E-state index >= 15 is 0 Å². The Kier molecular flexibility index (Phi) is 6.79. The zero-order valence-corrected chi connectivity index (χ0v) is 16.7. The van der Waals surface area contributed by atoms with Gasteiger partial charge in [-0.2, -0.15) is 13.2 Å². The summed E-state index contributed by atoms with van der Waals surface area (Å²) in [4.78, 5) is 11.5. The molecule has 1 N–H and O–H groups in total. The summed E-state index contributed by atoms with van der Waals surface area (Å²) in [5.74, 6) is -1.23. The minimum absolute atomic E-state index is 0.0337. The number of sulfonamides is 1. The predicted octanol–water partition coefficient (Wildman–Crippen LogP) is 4.68. The third-order valence-electron chi connectivity index (χ3n) is 3.91. The first-order chi connectivity index (χ1) is 13.0. The number of carbonyl (C=O) groups is 1. The molecule has 0 aromatic heterocycles. The van der Waals surface area contributed by atoms with Crippen LogP contribution in [0.2, 0.25) is 0 Å². The number of carboxylic acid groups (broad SMARTS) is 1. The van der Waals surface area contributed by atoms with Crippen LogP contribution in [0.4, 0.5) is 13.2 Å². The van der Waals surface area contributed by atoms with Crippen molar-refractivity contribution in [1.29, 1.82) is 0 Å². The molecule has 0 atom stereocenters. The average Bonchev–Trinajstić information content (AvgIpc) is 2.64. The van der Waals surface area contributed by atoms with Crippen LogP contribution in [0.25, 0.3) is 0 Å². The molecule has 0 amide bonds. The van der Waals surface area contributed by atoms with E-state index < -0.39 is 27.7 Å². The molecule has 5 nitrogen and oxygen atoms in total. The van der Waals surface area contributed by atoms with E-state index in [1.165, 1.54) is 24.3 Å². The summed E-state index contributed by atoms with van der Waals surface area (Å²) in [6.07, 6.45) is -4.05. The number of nitrogens with zero attached hydrogens (tertiary/aromatic N) is 1. The van der Waals surface area contributed by atoms with Crippen molar-refractivity contribution >= 4 is 27.9 Å². The molecule has 0 aliphatic rings. The molecule has 0 spiro atoms. The van der Waals surface area contributed by atoms with Crippen molar-refractivity contribution in [3.05, 3.63) is 59.2 Å². The summed E-state index contributed by atoms with van der Waals surface area (Å²) in [5.41, 5.74) is -0.423. The van der Waals surface area contributed by atoms with Crippen LogP contribution < -0.4 is 0 Å². The van der Waals surface area contributed by atoms with Crippen molar-refractivity contribution in [2.45, 2.75) is 36.2 Å². The van der Waals surface area contributed by atoms with Gasteiger partial charge in [0.1, 0.15) is 0 Å². The second-order valence-electron chi connectivity index (χ2n) is 5.72. The van der Waals surface area contributed by atoms with E-state index in [2.05, 4.69) is 0 Å². The van der Waals surface area contributed by atoms with Gasteiger partial charge in [-0.15, -0.1) is 3.71 Å². The van der Waals surface area contributed by atoms with Gasteiger partial charge in [-0.3, -0.25) is 0 Å². The first-order valence-electron chi connectivity index (χ1n) is 8.24. The first kappa shape index (κ1) is 22.3. The number of hydrogen-bond donors (Lipinski definition) is 1. The van der Waals surface area contributed by atoms with Crippen molar-refractivity contribution in [2.24, 2.45) is 0 Å². The molecule has 0 heterocycles. The Bertz CT molecular complexity index is 958. The summed E-state index contributed by atoms with van der Waals surface area (Å²) >= 11 is 0.765. The third-order valence-corrected chi connectivity index (χ3v) is 7.31. The second kappa shape index (κ2) is 8.54. The Morgan fingerprint density at radius 1 is 1.11 bits per heavy atom. The fourth-order valence-corrected chi connectivity index (χ4v) is 5.06. The van der Waals surface area contributed by atoms with Crippen LogP contribution in [0, 0.1) is 0 Å². The summed E-state index contributed by atoms with van der Waals surface area (Å²) in [7, 11) is -4.06. The number of aromatic carboxylic acids is 1. The van der Waals surface area contributed by atoms with E-state index in [0.29, 0.717) is 16.9 Å². The number of hydrogen-bond acceptors (Lipinski definition) is 4. The van der Waals surface area contributed by atoms with E-state index in [0.717, 1.165) is 33.9 Å². The van der Waals surface area contributed by atoms with Crippen molar-refractivity contribution in [2.75, 3.05) is 6.54 Å². The molecular formula is C18H18F3NO4S2. The average molecular weight is 433 g/mol. The number of aryl methyl sites for hydroxylation is 1. The monoisotopic (exact) mass is 433 g/mol. The number of halogens is 3. The molecule has 152 valence electrons. The molecule has 0 aliphatic heterocycles. The standard InChI is InChI=1S/C18H18F3NO4S2/c1-3-12-5-10-15(11-16(12)17(23)24)28(25,26)22(4-2)27-14-8-6-13(7-9-14)18(19,20)21/h5-11H,3-4H2,1-2H3,(H,23,24). The maximum Gasteiger partial charge on any atom is 0.416 e. The zero-order chi connectivity index (χ0) is 21.1. The van der Waals surface area contributed by atoms with Gasteiger partial charge in [-0.05, 0) is 60.3 Å². The Hall–Kier alpha value is -2.04. The van der Waals surface area contributed by atoms with Crippen LogP contribution in [-0.2, 0) is 22.6 Å². The quantitative estimate of drug-likeness (QED) is 0.642. The lowest BCUT2D eigenvalue weighted by Crippen LogP contribution is -2.24. The van der Waals surface area contributed by atoms with Gasteiger partial charge in [0.25, 0.3) is 10.0 Å². The first-order valence-corrected chi connectivity index (χ1v) is 10.5. The molecule has 28 heavy (non-hydrogen) atoms. The largest absolute Gasteiger partial charge is 0.478 e. The minimum Gasteiger partial charge on any atom is -0.478 e. The summed E-state index contributed by atoms with van der Waals surface area (Å²) in [6.45, 7) is 3.37. The highest BCUT2D eigenvalue weighted by Crippen LogP contribution is 2.33. The number of rotatable bonds is 7. The topological polar surface area (TPSA) is 74.7 Å². The highest BCUT2D eigenvalue weighted by molar-refractivity contribution is 8.08. The van der Waals surface area contributed by atoms with Gasteiger partial charge in [-0.1, -0.05) is 19.9 Å². The normalized spacial score (nSPS) is 12.4. The minimum atomic E-state index is -4.48. The van der Waals surface area contributed by atoms with E-state index in [4.69, 9.17) is 0 Å². The van der Waals surface area contributed by atoms with Crippen LogP contribution >= 0.6 is 11.9 Å². The molecule has 0 radical (unpaired) electrons. The van der Waals surface area contributed by atoms with Crippen LogP contribution in [0.3, 0.4) is 0 Å².